The van der Waals surface area contributed by atoms with Gasteiger partial charge in [0.15, 0.2) is 0 Å². The molecule has 3 nitrogen and oxygen atoms in total. The first-order valence-corrected chi connectivity index (χ1v) is 9.75. The van der Waals surface area contributed by atoms with Crippen LogP contribution >= 0.6 is 6.19 Å². The average Bonchev–Trinajstić information content (AvgIpc) is 2.62. The molecule has 0 atom stereocenters. The van der Waals surface area contributed by atoms with Crippen molar-refractivity contribution in [3.63, 3.8) is 0 Å². The van der Waals surface area contributed by atoms with Gasteiger partial charge in [-0.15, -0.1) is 0 Å². The Labute approximate surface area is 135 Å². The minimum absolute atomic E-state index is 0.753. The fourth-order valence-corrected chi connectivity index (χ4v) is 5.01. The molecule has 0 saturated carbocycles. The van der Waals surface area contributed by atoms with Gasteiger partial charge in [-0.1, -0.05) is 78.5 Å². The minimum Gasteiger partial charge on any atom is -0.301 e. The van der Waals surface area contributed by atoms with Crippen LogP contribution in [-0.4, -0.2) is 4.98 Å². The molecule has 0 aliphatic heterocycles. The summed E-state index contributed by atoms with van der Waals surface area (Å²) < 4.78 is 0. The highest BCUT2D eigenvalue weighted by atomic mass is 32.4. The van der Waals surface area contributed by atoms with Crippen LogP contribution in [0.1, 0.15) is 0 Å². The van der Waals surface area contributed by atoms with Crippen LogP contribution in [0.4, 0.5) is 5.82 Å². The topological polar surface area (TPSA) is 37.0 Å². The van der Waals surface area contributed by atoms with E-state index in [1.165, 1.54) is 0 Å². The van der Waals surface area contributed by atoms with Crippen LogP contribution in [0.5, 0.6) is 0 Å². The van der Waals surface area contributed by atoms with E-state index >= 15 is 0 Å². The third-order valence-electron chi connectivity index (χ3n) is 3.25. The number of anilines is 1. The molecular weight excluding hydrogens is 309 g/mol. The number of nitrogens with zero attached hydrogens (tertiary/aromatic N) is 1. The summed E-state index contributed by atoms with van der Waals surface area (Å²) in [6.07, 6.45) is -0.409. The van der Waals surface area contributed by atoms with Crippen molar-refractivity contribution in [1.82, 2.24) is 10.2 Å². The third kappa shape index (κ3) is 3.25. The van der Waals surface area contributed by atoms with Crippen molar-refractivity contribution in [2.45, 2.75) is 0 Å². The standard InChI is InChI=1S/C17H16N3PS/c22-21(15-9-3-1-4-10-15,16-11-5-2-6-12-16)20-19-17-13-7-8-14-18-17/h1-14H,(H,18,19)(H,20,22). The Kier molecular flexibility index (Phi) is 4.64. The predicted molar refractivity (Wildman–Crippen MR) is 97.4 cm³/mol. The summed E-state index contributed by atoms with van der Waals surface area (Å²) in [5.41, 5.74) is 3.17. The van der Waals surface area contributed by atoms with Crippen LogP contribution in [0.15, 0.2) is 85.1 Å². The van der Waals surface area contributed by atoms with E-state index in [-0.39, 0.29) is 0 Å². The summed E-state index contributed by atoms with van der Waals surface area (Å²) >= 11 is 6.04. The molecule has 1 heterocycles. The third-order valence-corrected chi connectivity index (χ3v) is 7.26. The molecule has 0 unspecified atom stereocenters. The molecule has 0 spiro atoms. The average molecular weight is 325 g/mol. The van der Waals surface area contributed by atoms with Gasteiger partial charge in [-0.2, -0.15) is 5.20 Å². The van der Waals surface area contributed by atoms with Crippen molar-refractivity contribution >= 4 is 34.4 Å². The lowest BCUT2D eigenvalue weighted by Gasteiger charge is -2.25. The van der Waals surface area contributed by atoms with E-state index in [4.69, 9.17) is 11.8 Å². The minimum atomic E-state index is -2.16. The van der Waals surface area contributed by atoms with E-state index in [1.807, 2.05) is 54.6 Å². The number of hydrogen-bond donors (Lipinski definition) is 2. The normalized spacial score (nSPS) is 11.1. The molecule has 3 rings (SSSR count). The predicted octanol–water partition coefficient (Wildman–Crippen LogP) is 3.04. The number of pyridine rings is 1. The second kappa shape index (κ2) is 6.84. The highest BCUT2D eigenvalue weighted by Crippen LogP contribution is 2.38. The van der Waals surface area contributed by atoms with Crippen LogP contribution in [-0.2, 0) is 11.8 Å². The zero-order chi connectivity index (χ0) is 15.3. The van der Waals surface area contributed by atoms with Gasteiger partial charge in [-0.05, 0) is 12.1 Å². The van der Waals surface area contributed by atoms with Gasteiger partial charge in [-0.3, -0.25) is 0 Å². The van der Waals surface area contributed by atoms with Crippen molar-refractivity contribution in [3.8, 4) is 0 Å². The second-order valence-electron chi connectivity index (χ2n) is 4.73. The van der Waals surface area contributed by atoms with E-state index in [1.54, 1.807) is 6.20 Å². The molecule has 1 aromatic heterocycles. The number of aromatic nitrogens is 1. The molecule has 22 heavy (non-hydrogen) atoms. The van der Waals surface area contributed by atoms with E-state index in [9.17, 15) is 0 Å². The molecule has 0 aliphatic rings. The monoisotopic (exact) mass is 325 g/mol. The van der Waals surface area contributed by atoms with Gasteiger partial charge < -0.3 is 5.43 Å². The second-order valence-corrected chi connectivity index (χ2v) is 8.85. The molecule has 2 aromatic carbocycles. The smallest absolute Gasteiger partial charge is 0.140 e. The lowest BCUT2D eigenvalue weighted by molar-refractivity contribution is 1.14. The van der Waals surface area contributed by atoms with Gasteiger partial charge in [0, 0.05) is 16.8 Å². The molecule has 0 radical (unpaired) electrons. The highest BCUT2D eigenvalue weighted by Gasteiger charge is 2.21. The Morgan fingerprint density at radius 2 is 1.27 bits per heavy atom. The van der Waals surface area contributed by atoms with Gasteiger partial charge >= 0.3 is 0 Å². The first-order chi connectivity index (χ1) is 10.8. The summed E-state index contributed by atoms with van der Waals surface area (Å²) in [5, 5.41) is 5.58. The van der Waals surface area contributed by atoms with E-state index in [2.05, 4.69) is 39.9 Å². The molecule has 0 fully saturated rings. The molecule has 0 amide bonds. The van der Waals surface area contributed by atoms with Crippen LogP contribution < -0.4 is 21.2 Å². The SMILES string of the molecule is S=P(NNc1ccccn1)(c1ccccc1)c1ccccc1. The maximum Gasteiger partial charge on any atom is 0.140 e. The van der Waals surface area contributed by atoms with E-state index in [0.29, 0.717) is 0 Å². The number of benzene rings is 2. The van der Waals surface area contributed by atoms with Crippen molar-refractivity contribution < 1.29 is 0 Å². The van der Waals surface area contributed by atoms with Crippen LogP contribution in [0.25, 0.3) is 0 Å². The Morgan fingerprint density at radius 3 is 1.77 bits per heavy atom. The molecule has 0 aliphatic carbocycles. The van der Waals surface area contributed by atoms with Gasteiger partial charge in [-0.25, -0.2) is 4.98 Å². The van der Waals surface area contributed by atoms with Gasteiger partial charge in [0.2, 0.25) is 0 Å². The van der Waals surface area contributed by atoms with Crippen LogP contribution in [0.2, 0.25) is 0 Å². The van der Waals surface area contributed by atoms with Gasteiger partial charge in [0.05, 0.1) is 6.19 Å². The maximum absolute atomic E-state index is 6.04. The largest absolute Gasteiger partial charge is 0.301 e. The number of nitrogens with one attached hydrogen (secondary N) is 2. The first kappa shape index (κ1) is 14.9. The quantitative estimate of drug-likeness (QED) is 0.558. The van der Waals surface area contributed by atoms with Gasteiger partial charge in [0.25, 0.3) is 0 Å². The number of rotatable bonds is 5. The fraction of sp³-hybridized carbons (Fsp3) is 0. The fourth-order valence-electron chi connectivity index (χ4n) is 2.13. The first-order valence-electron chi connectivity index (χ1n) is 6.95. The molecule has 5 heteroatoms. The summed E-state index contributed by atoms with van der Waals surface area (Å²) in [6.45, 7) is 0. The van der Waals surface area contributed by atoms with Crippen molar-refractivity contribution in [3.05, 3.63) is 85.1 Å². The lowest BCUT2D eigenvalue weighted by atomic mass is 10.4. The highest BCUT2D eigenvalue weighted by molar-refractivity contribution is 8.20. The Hall–Kier alpha value is -2.00. The lowest BCUT2D eigenvalue weighted by Crippen LogP contribution is -2.31. The molecule has 2 N–H and O–H groups in total. The molecule has 0 bridgehead atoms. The van der Waals surface area contributed by atoms with Crippen molar-refractivity contribution in [1.29, 1.82) is 0 Å². The Balaban J connectivity index is 1.95. The van der Waals surface area contributed by atoms with Crippen molar-refractivity contribution in [2.24, 2.45) is 0 Å². The number of hydrazine groups is 1. The Bertz CT molecular complexity index is 720. The van der Waals surface area contributed by atoms with Crippen molar-refractivity contribution in [2.75, 3.05) is 5.43 Å². The van der Waals surface area contributed by atoms with Crippen LogP contribution in [0, 0.1) is 0 Å². The summed E-state index contributed by atoms with van der Waals surface area (Å²) in [6, 6.07) is 26.1. The van der Waals surface area contributed by atoms with Crippen LogP contribution in [0.3, 0.4) is 0 Å². The zero-order valence-corrected chi connectivity index (χ0v) is 13.6. The summed E-state index contributed by atoms with van der Waals surface area (Å²) in [5.74, 6) is 0.753. The summed E-state index contributed by atoms with van der Waals surface area (Å²) in [4.78, 5) is 4.27. The molecular formula is C17H16N3PS. The molecule has 3 aromatic rings. The maximum atomic E-state index is 6.04. The number of hydrogen-bond acceptors (Lipinski definition) is 3. The van der Waals surface area contributed by atoms with Gasteiger partial charge in [0.1, 0.15) is 5.82 Å². The van der Waals surface area contributed by atoms with E-state index < -0.39 is 6.19 Å². The summed E-state index contributed by atoms with van der Waals surface area (Å²) in [7, 11) is 0. The molecule has 110 valence electrons. The molecule has 0 saturated heterocycles. The van der Waals surface area contributed by atoms with E-state index in [0.717, 1.165) is 16.4 Å². The Morgan fingerprint density at radius 1 is 0.727 bits per heavy atom. The zero-order valence-electron chi connectivity index (χ0n) is 11.9.